The molecule has 1 heterocycles. The van der Waals surface area contributed by atoms with E-state index in [1.54, 1.807) is 44.2 Å². The van der Waals surface area contributed by atoms with Gasteiger partial charge in [0.25, 0.3) is 5.91 Å². The van der Waals surface area contributed by atoms with Crippen LogP contribution >= 0.6 is 23.2 Å². The van der Waals surface area contributed by atoms with E-state index in [1.807, 2.05) is 0 Å². The minimum atomic E-state index is -1.37. The third kappa shape index (κ3) is 4.47. The first kappa shape index (κ1) is 23.7. The van der Waals surface area contributed by atoms with E-state index in [4.69, 9.17) is 32.7 Å². The maximum Gasteiger partial charge on any atom is 0.325 e. The van der Waals surface area contributed by atoms with Crippen LogP contribution in [-0.2, 0) is 15.1 Å². The van der Waals surface area contributed by atoms with Crippen molar-refractivity contribution in [1.82, 2.24) is 15.5 Å². The summed E-state index contributed by atoms with van der Waals surface area (Å²) < 4.78 is 10.6. The number of amides is 4. The van der Waals surface area contributed by atoms with Crippen molar-refractivity contribution < 1.29 is 23.9 Å². The van der Waals surface area contributed by atoms with Crippen LogP contribution in [0.3, 0.4) is 0 Å². The number of carbonyl (C=O) groups excluding carboxylic acids is 3. The number of rotatable bonds is 7. The molecule has 0 saturated carbocycles. The molecular weight excluding hydrogens is 457 g/mol. The van der Waals surface area contributed by atoms with Gasteiger partial charge in [0, 0.05) is 5.56 Å². The number of hydrogen-bond acceptors (Lipinski definition) is 5. The van der Waals surface area contributed by atoms with Crippen molar-refractivity contribution in [3.8, 4) is 11.5 Å². The van der Waals surface area contributed by atoms with Crippen LogP contribution in [0.5, 0.6) is 11.5 Å². The first-order valence-electron chi connectivity index (χ1n) is 9.71. The number of imide groups is 1. The molecule has 4 amide bonds. The summed E-state index contributed by atoms with van der Waals surface area (Å²) >= 11 is 12.0. The van der Waals surface area contributed by atoms with Crippen LogP contribution in [0, 0.1) is 0 Å². The van der Waals surface area contributed by atoms with Crippen molar-refractivity contribution in [2.75, 3.05) is 20.8 Å². The van der Waals surface area contributed by atoms with Gasteiger partial charge in [-0.3, -0.25) is 14.5 Å². The van der Waals surface area contributed by atoms with Crippen molar-refractivity contribution in [2.24, 2.45) is 0 Å². The Labute approximate surface area is 195 Å². The van der Waals surface area contributed by atoms with Crippen molar-refractivity contribution in [2.45, 2.75) is 25.4 Å². The van der Waals surface area contributed by atoms with E-state index in [-0.39, 0.29) is 5.02 Å². The lowest BCUT2D eigenvalue weighted by Gasteiger charge is -2.23. The fourth-order valence-corrected chi connectivity index (χ4v) is 3.83. The van der Waals surface area contributed by atoms with Gasteiger partial charge in [-0.05, 0) is 49.7 Å². The van der Waals surface area contributed by atoms with Gasteiger partial charge in [0.15, 0.2) is 0 Å². The van der Waals surface area contributed by atoms with Crippen LogP contribution in [-0.4, -0.2) is 43.5 Å². The monoisotopic (exact) mass is 479 g/mol. The predicted octanol–water partition coefficient (Wildman–Crippen LogP) is 3.66. The Kier molecular flexibility index (Phi) is 6.85. The third-order valence-electron chi connectivity index (χ3n) is 5.35. The predicted molar refractivity (Wildman–Crippen MR) is 120 cm³/mol. The smallest absolute Gasteiger partial charge is 0.325 e. The molecule has 2 N–H and O–H groups in total. The van der Waals surface area contributed by atoms with Crippen LogP contribution in [0.2, 0.25) is 10.0 Å². The molecule has 0 bridgehead atoms. The molecule has 0 radical (unpaired) electrons. The highest BCUT2D eigenvalue weighted by molar-refractivity contribution is 6.42. The third-order valence-corrected chi connectivity index (χ3v) is 6.09. The summed E-state index contributed by atoms with van der Waals surface area (Å²) in [4.78, 5) is 39.1. The quantitative estimate of drug-likeness (QED) is 0.590. The number of carbonyl (C=O) groups is 3. The molecule has 2 aromatic rings. The van der Waals surface area contributed by atoms with Gasteiger partial charge in [0.05, 0.1) is 30.3 Å². The van der Waals surface area contributed by atoms with Gasteiger partial charge in [0.1, 0.15) is 23.6 Å². The molecule has 2 aromatic carbocycles. The topological polar surface area (TPSA) is 97.0 Å². The summed E-state index contributed by atoms with van der Waals surface area (Å²) in [5, 5.41) is 6.01. The standard InChI is InChI=1S/C22H23Cl2N3O5/c1-12(15-10-14(31-3)6-8-18(15)32-4)25-19(28)11-27-20(29)22(2,26-21(27)30)13-5-7-16(23)17(24)9-13/h5-10,12H,11H2,1-4H3,(H,25,28)(H,26,30). The first-order chi connectivity index (χ1) is 15.1. The van der Waals surface area contributed by atoms with Crippen LogP contribution in [0.4, 0.5) is 4.79 Å². The summed E-state index contributed by atoms with van der Waals surface area (Å²) in [5.74, 6) is 0.0982. The number of hydrogen-bond donors (Lipinski definition) is 2. The lowest BCUT2D eigenvalue weighted by Crippen LogP contribution is -2.43. The Bertz CT molecular complexity index is 1080. The highest BCUT2D eigenvalue weighted by Gasteiger charge is 2.49. The van der Waals surface area contributed by atoms with Crippen LogP contribution in [0.1, 0.15) is 31.0 Å². The average Bonchev–Trinajstić information content (AvgIpc) is 2.98. The zero-order valence-corrected chi connectivity index (χ0v) is 19.5. The summed E-state index contributed by atoms with van der Waals surface area (Å²) in [6.07, 6.45) is 0. The molecule has 0 aliphatic carbocycles. The summed E-state index contributed by atoms with van der Waals surface area (Å²) in [5.41, 5.74) is -0.214. The van der Waals surface area contributed by atoms with E-state index < -0.39 is 36.0 Å². The van der Waals surface area contributed by atoms with Gasteiger partial charge in [-0.15, -0.1) is 0 Å². The van der Waals surface area contributed by atoms with E-state index in [2.05, 4.69) is 10.6 Å². The van der Waals surface area contributed by atoms with E-state index in [0.717, 1.165) is 4.90 Å². The maximum absolute atomic E-state index is 13.1. The Morgan fingerprint density at radius 1 is 1.12 bits per heavy atom. The minimum Gasteiger partial charge on any atom is -0.497 e. The van der Waals surface area contributed by atoms with Gasteiger partial charge in [-0.25, -0.2) is 4.79 Å². The maximum atomic E-state index is 13.1. The molecule has 170 valence electrons. The molecule has 3 rings (SSSR count). The molecule has 32 heavy (non-hydrogen) atoms. The molecule has 0 spiro atoms. The highest BCUT2D eigenvalue weighted by atomic mass is 35.5. The molecule has 10 heteroatoms. The second-order valence-corrected chi connectivity index (χ2v) is 8.29. The Morgan fingerprint density at radius 2 is 1.84 bits per heavy atom. The molecule has 1 fully saturated rings. The van der Waals surface area contributed by atoms with Crippen LogP contribution in [0.15, 0.2) is 36.4 Å². The average molecular weight is 480 g/mol. The number of nitrogens with zero attached hydrogens (tertiary/aromatic N) is 1. The molecule has 1 aliphatic rings. The second-order valence-electron chi connectivity index (χ2n) is 7.47. The Hall–Kier alpha value is -2.97. The van der Waals surface area contributed by atoms with Gasteiger partial charge in [-0.2, -0.15) is 0 Å². The molecule has 0 aromatic heterocycles. The van der Waals surface area contributed by atoms with Gasteiger partial charge < -0.3 is 20.1 Å². The van der Waals surface area contributed by atoms with E-state index in [0.29, 0.717) is 27.6 Å². The molecule has 1 saturated heterocycles. The zero-order chi connectivity index (χ0) is 23.6. The number of methoxy groups -OCH3 is 2. The Balaban J connectivity index is 1.75. The fourth-order valence-electron chi connectivity index (χ4n) is 3.53. The Morgan fingerprint density at radius 3 is 2.47 bits per heavy atom. The van der Waals surface area contributed by atoms with Crippen molar-refractivity contribution in [3.05, 3.63) is 57.6 Å². The molecule has 1 aliphatic heterocycles. The van der Waals surface area contributed by atoms with E-state index in [9.17, 15) is 14.4 Å². The summed E-state index contributed by atoms with van der Waals surface area (Å²) in [6.45, 7) is 2.87. The van der Waals surface area contributed by atoms with Crippen molar-refractivity contribution >= 4 is 41.0 Å². The van der Waals surface area contributed by atoms with Gasteiger partial charge in [-0.1, -0.05) is 29.3 Å². The number of urea groups is 1. The normalized spacial score (nSPS) is 18.9. The van der Waals surface area contributed by atoms with Gasteiger partial charge >= 0.3 is 6.03 Å². The number of ether oxygens (including phenoxy) is 2. The van der Waals surface area contributed by atoms with Crippen LogP contribution < -0.4 is 20.1 Å². The van der Waals surface area contributed by atoms with Crippen molar-refractivity contribution in [3.63, 3.8) is 0 Å². The number of nitrogens with one attached hydrogen (secondary N) is 2. The number of benzene rings is 2. The van der Waals surface area contributed by atoms with Crippen LogP contribution in [0.25, 0.3) is 0 Å². The highest BCUT2D eigenvalue weighted by Crippen LogP contribution is 2.33. The second kappa shape index (κ2) is 9.26. The fraction of sp³-hybridized carbons (Fsp3) is 0.318. The number of halogens is 2. The van der Waals surface area contributed by atoms with E-state index >= 15 is 0 Å². The zero-order valence-electron chi connectivity index (χ0n) is 18.0. The molecular formula is C22H23Cl2N3O5. The summed E-state index contributed by atoms with van der Waals surface area (Å²) in [6, 6.07) is 8.75. The van der Waals surface area contributed by atoms with E-state index in [1.165, 1.54) is 20.3 Å². The molecule has 8 nitrogen and oxygen atoms in total. The summed E-state index contributed by atoms with van der Waals surface area (Å²) in [7, 11) is 3.06. The SMILES string of the molecule is COc1ccc(OC)c(C(C)NC(=O)CN2C(=O)NC(C)(c3ccc(Cl)c(Cl)c3)C2=O)c1. The van der Waals surface area contributed by atoms with Crippen molar-refractivity contribution in [1.29, 1.82) is 0 Å². The lowest BCUT2D eigenvalue weighted by molar-refractivity contribution is -0.135. The lowest BCUT2D eigenvalue weighted by atomic mass is 9.92. The largest absolute Gasteiger partial charge is 0.497 e. The first-order valence-corrected chi connectivity index (χ1v) is 10.5. The van der Waals surface area contributed by atoms with Gasteiger partial charge in [0.2, 0.25) is 5.91 Å². The minimum absolute atomic E-state index is 0.254. The molecule has 2 unspecified atom stereocenters. The molecule has 2 atom stereocenters.